The van der Waals surface area contributed by atoms with E-state index in [1.54, 1.807) is 19.3 Å². The highest BCUT2D eigenvalue weighted by molar-refractivity contribution is 5.71. The monoisotopic (exact) mass is 404 g/mol. The van der Waals surface area contributed by atoms with Gasteiger partial charge in [-0.3, -0.25) is 0 Å². The molecule has 0 aromatic heterocycles. The van der Waals surface area contributed by atoms with E-state index in [-0.39, 0.29) is 11.5 Å². The summed E-state index contributed by atoms with van der Waals surface area (Å²) in [6, 6.07) is 11.9. The summed E-state index contributed by atoms with van der Waals surface area (Å²) in [6.45, 7) is -0.555. The van der Waals surface area contributed by atoms with Crippen LogP contribution in [0.15, 0.2) is 42.5 Å². The quantitative estimate of drug-likeness (QED) is 0.446. The summed E-state index contributed by atoms with van der Waals surface area (Å²) in [5.41, 5.74) is 1.55. The highest BCUT2D eigenvalue weighted by Crippen LogP contribution is 2.28. The van der Waals surface area contributed by atoms with Crippen LogP contribution in [-0.4, -0.2) is 70.0 Å². The van der Waals surface area contributed by atoms with E-state index >= 15 is 0 Å². The largest absolute Gasteiger partial charge is 0.508 e. The topological polar surface area (TPSA) is 129 Å². The molecule has 8 nitrogen and oxygen atoms in total. The molecule has 5 unspecified atom stereocenters. The molecule has 156 valence electrons. The van der Waals surface area contributed by atoms with E-state index in [0.29, 0.717) is 5.56 Å². The van der Waals surface area contributed by atoms with Gasteiger partial charge in [0, 0.05) is 6.07 Å². The summed E-state index contributed by atoms with van der Waals surface area (Å²) in [5.74, 6) is 0.861. The molecule has 1 aliphatic rings. The van der Waals surface area contributed by atoms with Crippen LogP contribution in [0.25, 0.3) is 12.2 Å². The average molecular weight is 404 g/mol. The number of phenols is 1. The van der Waals surface area contributed by atoms with E-state index in [1.807, 2.05) is 30.3 Å². The van der Waals surface area contributed by atoms with E-state index in [4.69, 9.17) is 14.2 Å². The van der Waals surface area contributed by atoms with Gasteiger partial charge >= 0.3 is 0 Å². The number of aromatic hydroxyl groups is 1. The van der Waals surface area contributed by atoms with Crippen LogP contribution in [0.4, 0.5) is 0 Å². The second-order valence-corrected chi connectivity index (χ2v) is 6.68. The third-order valence-electron chi connectivity index (χ3n) is 4.60. The van der Waals surface area contributed by atoms with Crippen molar-refractivity contribution in [2.75, 3.05) is 13.7 Å². The molecule has 0 aliphatic carbocycles. The molecule has 0 radical (unpaired) electrons. The summed E-state index contributed by atoms with van der Waals surface area (Å²) in [6.07, 6.45) is -3.35. The van der Waals surface area contributed by atoms with Crippen LogP contribution in [0.5, 0.6) is 17.2 Å². The van der Waals surface area contributed by atoms with Gasteiger partial charge in [0.1, 0.15) is 41.7 Å². The summed E-state index contributed by atoms with van der Waals surface area (Å²) in [4.78, 5) is 0. The lowest BCUT2D eigenvalue weighted by atomic mass is 9.99. The van der Waals surface area contributed by atoms with Crippen LogP contribution in [0, 0.1) is 0 Å². The number of ether oxygens (including phenoxy) is 3. The summed E-state index contributed by atoms with van der Waals surface area (Å²) in [7, 11) is 1.59. The van der Waals surface area contributed by atoms with Gasteiger partial charge < -0.3 is 39.7 Å². The Kier molecular flexibility index (Phi) is 6.73. The molecule has 1 fully saturated rings. The number of methoxy groups -OCH3 is 1. The minimum absolute atomic E-state index is 0.0681. The number of rotatable bonds is 6. The predicted molar refractivity (Wildman–Crippen MR) is 104 cm³/mol. The molecule has 8 heteroatoms. The highest BCUT2D eigenvalue weighted by Gasteiger charge is 2.44. The Labute approximate surface area is 167 Å². The lowest BCUT2D eigenvalue weighted by Crippen LogP contribution is -2.60. The van der Waals surface area contributed by atoms with Gasteiger partial charge in [-0.1, -0.05) is 24.3 Å². The fraction of sp³-hybridized carbons (Fsp3) is 0.333. The average Bonchev–Trinajstić information content (AvgIpc) is 2.72. The van der Waals surface area contributed by atoms with Crippen molar-refractivity contribution in [3.8, 4) is 17.2 Å². The molecule has 2 aromatic rings. The van der Waals surface area contributed by atoms with Crippen LogP contribution in [-0.2, 0) is 4.74 Å². The van der Waals surface area contributed by atoms with Crippen molar-refractivity contribution in [1.29, 1.82) is 0 Å². The van der Waals surface area contributed by atoms with Crippen molar-refractivity contribution in [2.24, 2.45) is 0 Å². The van der Waals surface area contributed by atoms with Gasteiger partial charge in [-0.15, -0.1) is 0 Å². The van der Waals surface area contributed by atoms with Gasteiger partial charge in [0.05, 0.1) is 13.7 Å². The minimum atomic E-state index is -1.54. The lowest BCUT2D eigenvalue weighted by Gasteiger charge is -2.39. The Morgan fingerprint density at radius 2 is 1.59 bits per heavy atom. The first-order valence-electron chi connectivity index (χ1n) is 9.04. The van der Waals surface area contributed by atoms with E-state index in [1.165, 1.54) is 12.1 Å². The molecule has 0 saturated carbocycles. The second kappa shape index (κ2) is 9.25. The van der Waals surface area contributed by atoms with Crippen LogP contribution >= 0.6 is 0 Å². The molecule has 1 saturated heterocycles. The van der Waals surface area contributed by atoms with Crippen LogP contribution in [0.3, 0.4) is 0 Å². The molecule has 3 rings (SSSR count). The maximum atomic E-state index is 10.1. The Hall–Kier alpha value is -2.62. The highest BCUT2D eigenvalue weighted by atomic mass is 16.7. The van der Waals surface area contributed by atoms with Gasteiger partial charge in [-0.05, 0) is 35.4 Å². The number of aliphatic hydroxyl groups is 4. The number of phenolic OH excluding ortho intramolecular Hbond substituents is 1. The SMILES string of the molecule is COc1ccc(/C=C\c2cc(O)cc(OC3OC(CO)C(O)C(O)C3O)c2)cc1. The van der Waals surface area contributed by atoms with Crippen molar-refractivity contribution >= 4 is 12.2 Å². The lowest BCUT2D eigenvalue weighted by molar-refractivity contribution is -0.277. The molecule has 0 amide bonds. The third kappa shape index (κ3) is 5.06. The van der Waals surface area contributed by atoms with Crippen molar-refractivity contribution in [3.05, 3.63) is 53.6 Å². The molecule has 5 atom stereocenters. The van der Waals surface area contributed by atoms with Crippen molar-refractivity contribution in [1.82, 2.24) is 0 Å². The molecule has 0 bridgehead atoms. The van der Waals surface area contributed by atoms with Crippen molar-refractivity contribution in [3.63, 3.8) is 0 Å². The summed E-state index contributed by atoms with van der Waals surface area (Å²) >= 11 is 0. The number of hydrogen-bond donors (Lipinski definition) is 5. The molecular weight excluding hydrogens is 380 g/mol. The maximum absolute atomic E-state index is 10.1. The fourth-order valence-electron chi connectivity index (χ4n) is 2.98. The minimum Gasteiger partial charge on any atom is -0.508 e. The zero-order chi connectivity index (χ0) is 21.0. The maximum Gasteiger partial charge on any atom is 0.229 e. The Bertz CT molecular complexity index is 833. The fourth-order valence-corrected chi connectivity index (χ4v) is 2.98. The molecule has 1 aliphatic heterocycles. The molecule has 0 spiro atoms. The summed E-state index contributed by atoms with van der Waals surface area (Å²) < 4.78 is 16.0. The molecule has 5 N–H and O–H groups in total. The van der Waals surface area contributed by atoms with Gasteiger partial charge in [0.25, 0.3) is 0 Å². The molecule has 29 heavy (non-hydrogen) atoms. The first-order chi connectivity index (χ1) is 13.9. The van der Waals surface area contributed by atoms with E-state index in [9.17, 15) is 25.5 Å². The zero-order valence-corrected chi connectivity index (χ0v) is 15.8. The summed E-state index contributed by atoms with van der Waals surface area (Å²) in [5, 5.41) is 49.0. The first-order valence-corrected chi connectivity index (χ1v) is 9.04. The van der Waals surface area contributed by atoms with Crippen LogP contribution < -0.4 is 9.47 Å². The van der Waals surface area contributed by atoms with Crippen LogP contribution in [0.1, 0.15) is 11.1 Å². The second-order valence-electron chi connectivity index (χ2n) is 6.68. The normalized spacial score (nSPS) is 27.1. The Morgan fingerprint density at radius 1 is 0.897 bits per heavy atom. The van der Waals surface area contributed by atoms with Gasteiger partial charge in [-0.25, -0.2) is 0 Å². The van der Waals surface area contributed by atoms with E-state index in [2.05, 4.69) is 0 Å². The number of hydrogen-bond acceptors (Lipinski definition) is 8. The van der Waals surface area contributed by atoms with Gasteiger partial charge in [-0.2, -0.15) is 0 Å². The van der Waals surface area contributed by atoms with Crippen molar-refractivity contribution < 1.29 is 39.7 Å². The van der Waals surface area contributed by atoms with Gasteiger partial charge in [0.2, 0.25) is 6.29 Å². The Balaban J connectivity index is 1.75. The molecular formula is C21H24O8. The van der Waals surface area contributed by atoms with E-state index in [0.717, 1.165) is 11.3 Å². The predicted octanol–water partition coefficient (Wildman–Crippen LogP) is 0.750. The zero-order valence-electron chi connectivity index (χ0n) is 15.8. The smallest absolute Gasteiger partial charge is 0.229 e. The van der Waals surface area contributed by atoms with E-state index < -0.39 is 37.3 Å². The van der Waals surface area contributed by atoms with Gasteiger partial charge in [0.15, 0.2) is 0 Å². The van der Waals surface area contributed by atoms with Crippen molar-refractivity contribution in [2.45, 2.75) is 30.7 Å². The number of benzene rings is 2. The first kappa shape index (κ1) is 21.1. The molecule has 2 aromatic carbocycles. The standard InChI is InChI=1S/C21H24O8/c1-27-15-6-4-12(5-7-15)2-3-13-8-14(23)10-16(9-13)28-21-20(26)19(25)18(24)17(11-22)29-21/h2-10,17-26H,11H2,1H3/b3-2-. The third-order valence-corrected chi connectivity index (χ3v) is 4.60. The molecule has 1 heterocycles. The van der Waals surface area contributed by atoms with Crippen LogP contribution in [0.2, 0.25) is 0 Å². The number of aliphatic hydroxyl groups excluding tert-OH is 4. The Morgan fingerprint density at radius 3 is 2.24 bits per heavy atom.